The van der Waals surface area contributed by atoms with Gasteiger partial charge >= 0.3 is 7.12 Å². The number of aromatic hydroxyl groups is 1. The zero-order chi connectivity index (χ0) is 28.5. The van der Waals surface area contributed by atoms with Gasteiger partial charge in [-0.15, -0.1) is 0 Å². The lowest BCUT2D eigenvalue weighted by molar-refractivity contribution is -0.123. The minimum absolute atomic E-state index is 0.121. The van der Waals surface area contributed by atoms with Crippen LogP contribution in [0.5, 0.6) is 11.5 Å². The molecular weight excluding hydrogens is 513 g/mol. The molecule has 2 aromatic carbocycles. The van der Waals surface area contributed by atoms with Gasteiger partial charge in [-0.25, -0.2) is 0 Å². The number of fused-ring (bicyclic) bond motifs is 3. The summed E-state index contributed by atoms with van der Waals surface area (Å²) in [6, 6.07) is 10.8. The summed E-state index contributed by atoms with van der Waals surface area (Å²) in [6.07, 6.45) is 3.61. The van der Waals surface area contributed by atoms with Crippen LogP contribution < -0.4 is 15.1 Å². The fraction of sp³-hybridized carbons (Fsp3) is 0.267. The third-order valence-electron chi connectivity index (χ3n) is 8.53. The number of allylic oxidation sites excluding steroid dienone is 6. The van der Waals surface area contributed by atoms with E-state index in [0.29, 0.717) is 22.3 Å². The summed E-state index contributed by atoms with van der Waals surface area (Å²) in [6.45, 7) is 1.60. The Morgan fingerprint density at radius 3 is 2.48 bits per heavy atom. The molecule has 1 fully saturated rings. The van der Waals surface area contributed by atoms with Crippen LogP contribution >= 0.6 is 0 Å². The molecule has 1 aliphatic heterocycles. The number of hydrogen-bond donors (Lipinski definition) is 3. The summed E-state index contributed by atoms with van der Waals surface area (Å²) >= 11 is 0. The van der Waals surface area contributed by atoms with Gasteiger partial charge < -0.3 is 19.9 Å². The molecule has 202 valence electrons. The third kappa shape index (κ3) is 3.78. The zero-order valence-corrected chi connectivity index (χ0v) is 21.8. The average Bonchev–Trinajstić information content (AvgIpc) is 3.20. The lowest BCUT2D eigenvalue weighted by Gasteiger charge is -2.42. The maximum Gasteiger partial charge on any atom is 0.488 e. The molecule has 2 amide bonds. The van der Waals surface area contributed by atoms with Crippen molar-refractivity contribution in [2.45, 2.75) is 25.7 Å². The SMILES string of the molecule is COc1ccc(C2C3=CCC4C(=O)N(c5cccc(B(O)O)c5)C(=O)C4C3CC3=C2C(=O)C(C)=CC3=O)cc1O. The van der Waals surface area contributed by atoms with Crippen molar-refractivity contribution >= 4 is 41.6 Å². The second kappa shape index (κ2) is 9.43. The Balaban J connectivity index is 1.47. The van der Waals surface area contributed by atoms with E-state index in [0.717, 1.165) is 10.5 Å². The van der Waals surface area contributed by atoms with Crippen LogP contribution in [-0.4, -0.2) is 52.8 Å². The van der Waals surface area contributed by atoms with E-state index in [1.165, 1.54) is 31.4 Å². The van der Waals surface area contributed by atoms with Crippen LogP contribution in [0.25, 0.3) is 0 Å². The first-order chi connectivity index (χ1) is 19.1. The minimum Gasteiger partial charge on any atom is -0.504 e. The van der Waals surface area contributed by atoms with Crippen LogP contribution in [0.1, 0.15) is 31.2 Å². The van der Waals surface area contributed by atoms with Crippen molar-refractivity contribution in [2.24, 2.45) is 17.8 Å². The van der Waals surface area contributed by atoms with E-state index in [4.69, 9.17) is 4.74 Å². The largest absolute Gasteiger partial charge is 0.504 e. The molecule has 0 saturated carbocycles. The number of hydrogen-bond acceptors (Lipinski definition) is 8. The Morgan fingerprint density at radius 2 is 1.77 bits per heavy atom. The first kappa shape index (κ1) is 26.0. The van der Waals surface area contributed by atoms with Gasteiger partial charge in [-0.2, -0.15) is 0 Å². The monoisotopic (exact) mass is 539 g/mol. The summed E-state index contributed by atoms with van der Waals surface area (Å²) in [5.41, 5.74) is 2.72. The predicted octanol–water partition coefficient (Wildman–Crippen LogP) is 1.71. The second-order valence-corrected chi connectivity index (χ2v) is 10.6. The van der Waals surface area contributed by atoms with Gasteiger partial charge in [0.1, 0.15) is 0 Å². The van der Waals surface area contributed by atoms with Gasteiger partial charge in [0.15, 0.2) is 23.1 Å². The van der Waals surface area contributed by atoms with Crippen molar-refractivity contribution < 1.29 is 39.1 Å². The van der Waals surface area contributed by atoms with Gasteiger partial charge in [0.25, 0.3) is 0 Å². The van der Waals surface area contributed by atoms with Gasteiger partial charge in [-0.05, 0) is 67.1 Å². The van der Waals surface area contributed by atoms with Crippen molar-refractivity contribution in [1.82, 2.24) is 0 Å². The van der Waals surface area contributed by atoms with E-state index in [-0.39, 0.29) is 47.1 Å². The normalized spacial score (nSPS) is 25.8. The molecule has 1 saturated heterocycles. The quantitative estimate of drug-likeness (QED) is 0.231. The number of nitrogens with zero attached hydrogens (tertiary/aromatic N) is 1. The highest BCUT2D eigenvalue weighted by Crippen LogP contribution is 2.55. The Morgan fingerprint density at radius 1 is 1.00 bits per heavy atom. The minimum atomic E-state index is -1.76. The summed E-state index contributed by atoms with van der Waals surface area (Å²) in [7, 11) is -0.335. The number of carbonyl (C=O) groups is 4. The maximum absolute atomic E-state index is 13.9. The van der Waals surface area contributed by atoms with Gasteiger partial charge in [-0.3, -0.25) is 24.1 Å². The summed E-state index contributed by atoms with van der Waals surface area (Å²) in [5.74, 6) is -3.89. The molecule has 2 aromatic rings. The topological polar surface area (TPSA) is 141 Å². The number of benzene rings is 2. The Bertz CT molecular complexity index is 1600. The Hall–Kier alpha value is -4.28. The van der Waals surface area contributed by atoms with Crippen molar-refractivity contribution in [3.8, 4) is 11.5 Å². The summed E-state index contributed by atoms with van der Waals surface area (Å²) in [4.78, 5) is 55.3. The molecular formula is C30H26BNO8. The van der Waals surface area contributed by atoms with Gasteiger partial charge in [-0.1, -0.05) is 29.8 Å². The number of imide groups is 1. The standard InChI is InChI=1S/C30H26BNO8/c1-14-10-22(33)21-13-20-18(25(27(21)28(14)35)15-6-9-24(40-2)23(34)11-15)7-8-19-26(20)30(37)32(29(19)36)17-5-3-4-16(12-17)31(38)39/h3-7,9-12,19-20,25-26,34,38-39H,8,13H2,1-2H3. The zero-order valence-electron chi connectivity index (χ0n) is 21.8. The number of carbonyl (C=O) groups excluding carboxylic acids is 4. The number of Topliss-reactive ketones (excluding diaryl/α,β-unsaturated/α-hetero) is 1. The molecule has 1 heterocycles. The number of ketones is 2. The molecule has 3 N–H and O–H groups in total. The summed E-state index contributed by atoms with van der Waals surface area (Å²) < 4.78 is 5.19. The van der Waals surface area contributed by atoms with Crippen molar-refractivity contribution in [3.05, 3.63) is 82.5 Å². The van der Waals surface area contributed by atoms with E-state index in [2.05, 4.69) is 0 Å². The molecule has 0 bridgehead atoms. The number of methoxy groups -OCH3 is 1. The highest BCUT2D eigenvalue weighted by Gasteiger charge is 2.56. The molecule has 4 aliphatic rings. The number of ether oxygens (including phenoxy) is 1. The average molecular weight is 539 g/mol. The van der Waals surface area contributed by atoms with Crippen LogP contribution in [0.3, 0.4) is 0 Å². The van der Waals surface area contributed by atoms with Crippen molar-refractivity contribution in [3.63, 3.8) is 0 Å². The van der Waals surface area contributed by atoms with Gasteiger partial charge in [0.2, 0.25) is 11.8 Å². The number of rotatable bonds is 4. The first-order valence-electron chi connectivity index (χ1n) is 13.0. The van der Waals surface area contributed by atoms with Crippen LogP contribution in [0.15, 0.2) is 76.9 Å². The number of anilines is 1. The molecule has 6 rings (SSSR count). The molecule has 0 aromatic heterocycles. The molecule has 4 unspecified atom stereocenters. The van der Waals surface area contributed by atoms with Gasteiger partial charge in [0, 0.05) is 22.6 Å². The fourth-order valence-electron chi connectivity index (χ4n) is 6.71. The first-order valence-corrected chi connectivity index (χ1v) is 13.0. The molecule has 3 aliphatic carbocycles. The molecule has 0 radical (unpaired) electrons. The van der Waals surface area contributed by atoms with Crippen LogP contribution in [0, 0.1) is 17.8 Å². The molecule has 40 heavy (non-hydrogen) atoms. The molecule has 9 nitrogen and oxygen atoms in total. The molecule has 0 spiro atoms. The van der Waals surface area contributed by atoms with Crippen molar-refractivity contribution in [2.75, 3.05) is 12.0 Å². The highest BCUT2D eigenvalue weighted by molar-refractivity contribution is 6.58. The predicted molar refractivity (Wildman–Crippen MR) is 145 cm³/mol. The van der Waals surface area contributed by atoms with E-state index in [1.807, 2.05) is 6.08 Å². The highest BCUT2D eigenvalue weighted by atomic mass is 16.5. The van der Waals surface area contributed by atoms with Gasteiger partial charge in [0.05, 0.1) is 24.6 Å². The number of phenols is 1. The summed E-state index contributed by atoms with van der Waals surface area (Å²) in [5, 5.41) is 29.8. The third-order valence-corrected chi connectivity index (χ3v) is 8.53. The van der Waals surface area contributed by atoms with E-state index in [1.54, 1.807) is 31.2 Å². The Kier molecular flexibility index (Phi) is 6.12. The maximum atomic E-state index is 13.9. The van der Waals surface area contributed by atoms with Crippen LogP contribution in [0.4, 0.5) is 5.69 Å². The second-order valence-electron chi connectivity index (χ2n) is 10.6. The van der Waals surface area contributed by atoms with E-state index >= 15 is 0 Å². The van der Waals surface area contributed by atoms with E-state index in [9.17, 15) is 34.3 Å². The molecule has 10 heteroatoms. The smallest absolute Gasteiger partial charge is 0.488 e. The van der Waals surface area contributed by atoms with E-state index < -0.39 is 42.6 Å². The fourth-order valence-corrected chi connectivity index (χ4v) is 6.71. The van der Waals surface area contributed by atoms with Crippen molar-refractivity contribution in [1.29, 1.82) is 0 Å². The Labute approximate surface area is 230 Å². The lowest BCUT2D eigenvalue weighted by atomic mass is 9.59. The van der Waals surface area contributed by atoms with Crippen LogP contribution in [-0.2, 0) is 19.2 Å². The molecule has 4 atom stereocenters. The number of amides is 2. The number of phenolic OH excluding ortho intramolecular Hbond substituents is 1. The van der Waals surface area contributed by atoms with Crippen LogP contribution in [0.2, 0.25) is 0 Å². The lowest BCUT2D eigenvalue weighted by Crippen LogP contribution is -2.40.